The molecule has 0 aromatic rings. The molecule has 1 saturated heterocycles. The third-order valence-corrected chi connectivity index (χ3v) is 3.80. The van der Waals surface area contributed by atoms with Gasteiger partial charge in [-0.05, 0) is 19.9 Å². The molecule has 2 atom stereocenters. The van der Waals surface area contributed by atoms with Gasteiger partial charge in [0.05, 0.1) is 6.04 Å². The Kier molecular flexibility index (Phi) is 5.44. The molecule has 20 heavy (non-hydrogen) atoms. The number of rotatable bonds is 5. The first kappa shape index (κ1) is 16.4. The Morgan fingerprint density at radius 1 is 1.25 bits per heavy atom. The highest BCUT2D eigenvalue weighted by Gasteiger charge is 2.48. The number of nitrogens with zero attached hydrogens (tertiary/aromatic N) is 2. The lowest BCUT2D eigenvalue weighted by atomic mass is 10.2. The molecule has 1 unspecified atom stereocenters. The van der Waals surface area contributed by atoms with Crippen LogP contribution >= 0.6 is 15.9 Å². The van der Waals surface area contributed by atoms with Crippen LogP contribution in [0.15, 0.2) is 36.6 Å². The summed E-state index contributed by atoms with van der Waals surface area (Å²) in [5.41, 5.74) is 0.352. The number of hydrogen-bond acceptors (Lipinski definition) is 3. The van der Waals surface area contributed by atoms with Crippen LogP contribution in [0.5, 0.6) is 0 Å². The number of amides is 4. The third-order valence-electron chi connectivity index (χ3n) is 3.03. The van der Waals surface area contributed by atoms with Gasteiger partial charge in [-0.25, -0.2) is 9.69 Å². The second kappa shape index (κ2) is 6.65. The fourth-order valence-electron chi connectivity index (χ4n) is 1.74. The Bertz CT molecular complexity index is 509. The predicted octanol–water partition coefficient (Wildman–Crippen LogP) is 2.60. The zero-order valence-corrected chi connectivity index (χ0v) is 13.3. The molecule has 1 aliphatic rings. The fraction of sp³-hybridized carbons (Fsp3) is 0.357. The van der Waals surface area contributed by atoms with Crippen molar-refractivity contribution in [3.8, 4) is 0 Å². The molecule has 0 aliphatic carbocycles. The smallest absolute Gasteiger partial charge is 0.263 e. The second-order valence-corrected chi connectivity index (χ2v) is 5.77. The zero-order valence-electron chi connectivity index (χ0n) is 11.7. The maximum Gasteiger partial charge on any atom is 0.339 e. The number of halogens is 1. The van der Waals surface area contributed by atoms with Gasteiger partial charge < -0.3 is 0 Å². The first-order valence-corrected chi connectivity index (χ1v) is 7.09. The number of carbonyl (C=O) groups excluding carboxylic acids is 3. The van der Waals surface area contributed by atoms with Gasteiger partial charge in [0.15, 0.2) is 0 Å². The molecular formula is C14H17BrN2O3. The van der Waals surface area contributed by atoms with Crippen LogP contribution < -0.4 is 0 Å². The lowest BCUT2D eigenvalue weighted by Gasteiger charge is -2.24. The summed E-state index contributed by atoms with van der Waals surface area (Å²) >= 11 is 3.32. The van der Waals surface area contributed by atoms with Crippen LogP contribution in [0.1, 0.15) is 20.8 Å². The number of hydrogen-bond donors (Lipinski definition) is 0. The van der Waals surface area contributed by atoms with E-state index in [1.165, 1.54) is 6.08 Å². The fourth-order valence-corrected chi connectivity index (χ4v) is 1.98. The van der Waals surface area contributed by atoms with Gasteiger partial charge >= 0.3 is 17.8 Å². The first-order chi connectivity index (χ1) is 9.36. The van der Waals surface area contributed by atoms with Crippen molar-refractivity contribution in [3.63, 3.8) is 0 Å². The second-order valence-electron chi connectivity index (χ2n) is 4.32. The Hall–Kier alpha value is -1.69. The number of carbonyl (C=O) groups is 3. The molecule has 4 amide bonds. The molecule has 1 aliphatic heterocycles. The van der Waals surface area contributed by atoms with Crippen LogP contribution in [0.3, 0.4) is 0 Å². The largest absolute Gasteiger partial charge is 0.339 e. The molecule has 5 nitrogen and oxygen atoms in total. The third kappa shape index (κ3) is 2.90. The van der Waals surface area contributed by atoms with Crippen molar-refractivity contribution in [2.45, 2.75) is 31.6 Å². The minimum absolute atomic E-state index is 0.110. The van der Waals surface area contributed by atoms with E-state index in [1.807, 2.05) is 6.92 Å². The van der Waals surface area contributed by atoms with E-state index in [0.717, 1.165) is 9.80 Å². The normalized spacial score (nSPS) is 20.0. The van der Waals surface area contributed by atoms with Crippen LogP contribution in [0.4, 0.5) is 4.79 Å². The Balaban J connectivity index is 3.16. The average Bonchev–Trinajstić information content (AvgIpc) is 2.62. The van der Waals surface area contributed by atoms with Crippen LogP contribution in [-0.4, -0.2) is 38.5 Å². The lowest BCUT2D eigenvalue weighted by Crippen LogP contribution is -2.43. The number of imide groups is 2. The van der Waals surface area contributed by atoms with Crippen molar-refractivity contribution in [2.75, 3.05) is 0 Å². The molecule has 1 heterocycles. The Labute approximate surface area is 126 Å². The highest BCUT2D eigenvalue weighted by Crippen LogP contribution is 2.24. The van der Waals surface area contributed by atoms with Gasteiger partial charge in [-0.3, -0.25) is 14.5 Å². The summed E-state index contributed by atoms with van der Waals surface area (Å²) in [5.74, 6) is -1.64. The number of allylic oxidation sites excluding steroid dienone is 4. The zero-order chi connectivity index (χ0) is 15.4. The molecule has 1 rings (SSSR count). The van der Waals surface area contributed by atoms with Gasteiger partial charge in [0.25, 0.3) is 0 Å². The summed E-state index contributed by atoms with van der Waals surface area (Å²) < 4.78 is 0. The van der Waals surface area contributed by atoms with Crippen molar-refractivity contribution in [1.29, 1.82) is 0 Å². The van der Waals surface area contributed by atoms with Gasteiger partial charge in [-0.15, -0.1) is 0 Å². The summed E-state index contributed by atoms with van der Waals surface area (Å²) in [6, 6.07) is -1.04. The summed E-state index contributed by atoms with van der Waals surface area (Å²) in [6.45, 7) is 8.74. The highest BCUT2D eigenvalue weighted by molar-refractivity contribution is 9.09. The van der Waals surface area contributed by atoms with Gasteiger partial charge in [0, 0.05) is 10.5 Å². The molecule has 0 aromatic heterocycles. The van der Waals surface area contributed by atoms with Gasteiger partial charge in [0.1, 0.15) is 0 Å². The average molecular weight is 341 g/mol. The minimum Gasteiger partial charge on any atom is -0.263 e. The monoisotopic (exact) mass is 340 g/mol. The summed E-state index contributed by atoms with van der Waals surface area (Å²) in [5, 5.41) is 0. The molecule has 0 bridgehead atoms. The van der Waals surface area contributed by atoms with E-state index in [-0.39, 0.29) is 4.83 Å². The van der Waals surface area contributed by atoms with Crippen molar-refractivity contribution >= 4 is 33.8 Å². The van der Waals surface area contributed by atoms with Crippen molar-refractivity contribution < 1.29 is 14.4 Å². The molecule has 0 aromatic carbocycles. The van der Waals surface area contributed by atoms with Gasteiger partial charge in [-0.2, -0.15) is 0 Å². The maximum absolute atomic E-state index is 12.3. The van der Waals surface area contributed by atoms with E-state index >= 15 is 0 Å². The minimum atomic E-state index is -0.836. The molecule has 0 spiro atoms. The van der Waals surface area contributed by atoms with Crippen LogP contribution in [-0.2, 0) is 9.59 Å². The maximum atomic E-state index is 12.3. The predicted molar refractivity (Wildman–Crippen MR) is 80.0 cm³/mol. The topological polar surface area (TPSA) is 57.7 Å². The highest BCUT2D eigenvalue weighted by atomic mass is 79.9. The standard InChI is InChI=1S/C14H17BrN2O3/c1-5-7-8-11(6-2)17-13(19)12(18)16(14(17)20)10(4)9(3)15/h5-10H,1H2,2-4H3/b8-7-,11-6+/t9?,10-/m0/s1. The van der Waals surface area contributed by atoms with Crippen LogP contribution in [0.2, 0.25) is 0 Å². The van der Waals surface area contributed by atoms with E-state index in [1.54, 1.807) is 32.1 Å². The van der Waals surface area contributed by atoms with Gasteiger partial charge in [0.2, 0.25) is 0 Å². The number of alkyl halides is 1. The van der Waals surface area contributed by atoms with E-state index in [4.69, 9.17) is 0 Å². The Morgan fingerprint density at radius 3 is 2.30 bits per heavy atom. The summed E-state index contributed by atoms with van der Waals surface area (Å²) in [6.07, 6.45) is 6.27. The van der Waals surface area contributed by atoms with E-state index in [0.29, 0.717) is 5.70 Å². The molecule has 6 heteroatoms. The van der Waals surface area contributed by atoms with Crippen LogP contribution in [0.25, 0.3) is 0 Å². The van der Waals surface area contributed by atoms with E-state index in [2.05, 4.69) is 22.5 Å². The lowest BCUT2D eigenvalue weighted by molar-refractivity contribution is -0.143. The molecule has 0 N–H and O–H groups in total. The molecule has 0 radical (unpaired) electrons. The van der Waals surface area contributed by atoms with Crippen molar-refractivity contribution in [3.05, 3.63) is 36.6 Å². The molecular weight excluding hydrogens is 324 g/mol. The molecule has 0 saturated carbocycles. The van der Waals surface area contributed by atoms with Crippen LogP contribution in [0, 0.1) is 0 Å². The van der Waals surface area contributed by atoms with Crippen molar-refractivity contribution in [1.82, 2.24) is 9.80 Å². The first-order valence-electron chi connectivity index (χ1n) is 6.17. The molecule has 1 fully saturated rings. The van der Waals surface area contributed by atoms with E-state index in [9.17, 15) is 14.4 Å². The number of urea groups is 1. The quantitative estimate of drug-likeness (QED) is 0.334. The molecule has 108 valence electrons. The SMILES string of the molecule is C=C/C=C\C(=C/C)N1C(=O)C(=O)N([C@@H](C)C(C)Br)C1=O. The Morgan fingerprint density at radius 2 is 1.85 bits per heavy atom. The van der Waals surface area contributed by atoms with E-state index < -0.39 is 23.9 Å². The summed E-state index contributed by atoms with van der Waals surface area (Å²) in [4.78, 5) is 38.1. The van der Waals surface area contributed by atoms with Gasteiger partial charge in [-0.1, -0.05) is 47.7 Å². The van der Waals surface area contributed by atoms with Crippen molar-refractivity contribution in [2.24, 2.45) is 0 Å². The summed E-state index contributed by atoms with van der Waals surface area (Å²) in [7, 11) is 0.